The molecule has 106 valence electrons. The molecule has 4 nitrogen and oxygen atoms in total. The first kappa shape index (κ1) is 14.8. The summed E-state index contributed by atoms with van der Waals surface area (Å²) >= 11 is 3.46. The predicted octanol–water partition coefficient (Wildman–Crippen LogP) is 2.62. The number of rotatable bonds is 5. The standard InChI is InChI=1S/C15H18BrN3O/c1-11-15(16)12(2)19(18-11)10-14(20)17-9-8-13-6-4-3-5-7-13/h3-7H,8-10H2,1-2H3,(H,17,20). The van der Waals surface area contributed by atoms with Gasteiger partial charge in [-0.15, -0.1) is 0 Å². The van der Waals surface area contributed by atoms with Crippen LogP contribution in [0.2, 0.25) is 0 Å². The van der Waals surface area contributed by atoms with E-state index in [9.17, 15) is 4.79 Å². The number of hydrogen-bond acceptors (Lipinski definition) is 2. The number of aryl methyl sites for hydroxylation is 1. The third-order valence-electron chi connectivity index (χ3n) is 3.17. The van der Waals surface area contributed by atoms with E-state index < -0.39 is 0 Å². The van der Waals surface area contributed by atoms with Crippen molar-refractivity contribution in [3.8, 4) is 0 Å². The van der Waals surface area contributed by atoms with Crippen LogP contribution in [0.3, 0.4) is 0 Å². The van der Waals surface area contributed by atoms with Gasteiger partial charge in [0.05, 0.1) is 15.9 Å². The molecule has 0 aliphatic carbocycles. The molecule has 2 rings (SSSR count). The summed E-state index contributed by atoms with van der Waals surface area (Å²) in [5.41, 5.74) is 3.10. The Labute approximate surface area is 127 Å². The lowest BCUT2D eigenvalue weighted by molar-refractivity contribution is -0.121. The lowest BCUT2D eigenvalue weighted by Crippen LogP contribution is -2.30. The average Bonchev–Trinajstić information content (AvgIpc) is 2.67. The molecule has 0 saturated carbocycles. The maximum absolute atomic E-state index is 11.9. The second kappa shape index (κ2) is 6.70. The number of halogens is 1. The van der Waals surface area contributed by atoms with Crippen molar-refractivity contribution in [3.05, 3.63) is 51.8 Å². The van der Waals surface area contributed by atoms with Gasteiger partial charge in [0.25, 0.3) is 0 Å². The Kier molecular flexibility index (Phi) is 4.95. The maximum atomic E-state index is 11.9. The predicted molar refractivity (Wildman–Crippen MR) is 82.6 cm³/mol. The van der Waals surface area contributed by atoms with E-state index in [1.54, 1.807) is 4.68 Å². The molecule has 1 amide bonds. The van der Waals surface area contributed by atoms with Crippen molar-refractivity contribution >= 4 is 21.8 Å². The molecule has 2 aromatic rings. The van der Waals surface area contributed by atoms with Crippen LogP contribution in [0.5, 0.6) is 0 Å². The zero-order valence-electron chi connectivity index (χ0n) is 11.7. The first-order valence-electron chi connectivity index (χ1n) is 6.58. The zero-order valence-corrected chi connectivity index (χ0v) is 13.3. The smallest absolute Gasteiger partial charge is 0.241 e. The van der Waals surface area contributed by atoms with Gasteiger partial charge in [-0.3, -0.25) is 9.48 Å². The van der Waals surface area contributed by atoms with Crippen molar-refractivity contribution in [1.29, 1.82) is 0 Å². The quantitative estimate of drug-likeness (QED) is 0.912. The molecule has 0 aliphatic heterocycles. The molecule has 1 heterocycles. The summed E-state index contributed by atoms with van der Waals surface area (Å²) in [5, 5.41) is 7.25. The highest BCUT2D eigenvalue weighted by Gasteiger charge is 2.11. The number of benzene rings is 1. The van der Waals surface area contributed by atoms with Crippen molar-refractivity contribution in [2.24, 2.45) is 0 Å². The van der Waals surface area contributed by atoms with Crippen molar-refractivity contribution in [2.45, 2.75) is 26.8 Å². The van der Waals surface area contributed by atoms with Crippen LogP contribution in [0.25, 0.3) is 0 Å². The monoisotopic (exact) mass is 335 g/mol. The van der Waals surface area contributed by atoms with Gasteiger partial charge in [-0.2, -0.15) is 5.10 Å². The minimum Gasteiger partial charge on any atom is -0.354 e. The molecule has 5 heteroatoms. The van der Waals surface area contributed by atoms with Gasteiger partial charge >= 0.3 is 0 Å². The molecule has 1 aromatic heterocycles. The van der Waals surface area contributed by atoms with E-state index in [4.69, 9.17) is 0 Å². The number of nitrogens with one attached hydrogen (secondary N) is 1. The molecule has 0 aliphatic rings. The highest BCUT2D eigenvalue weighted by atomic mass is 79.9. The Morgan fingerprint density at radius 1 is 1.30 bits per heavy atom. The number of nitrogens with zero attached hydrogens (tertiary/aromatic N) is 2. The van der Waals surface area contributed by atoms with Gasteiger partial charge in [0, 0.05) is 6.54 Å². The second-order valence-corrected chi connectivity index (χ2v) is 5.52. The molecule has 1 N–H and O–H groups in total. The van der Waals surface area contributed by atoms with Gasteiger partial charge in [-0.05, 0) is 41.8 Å². The normalized spacial score (nSPS) is 10.6. The summed E-state index contributed by atoms with van der Waals surface area (Å²) in [7, 11) is 0. The number of carbonyl (C=O) groups is 1. The summed E-state index contributed by atoms with van der Waals surface area (Å²) in [6, 6.07) is 10.1. The summed E-state index contributed by atoms with van der Waals surface area (Å²) < 4.78 is 2.69. The van der Waals surface area contributed by atoms with Crippen molar-refractivity contribution < 1.29 is 4.79 Å². The fraction of sp³-hybridized carbons (Fsp3) is 0.333. The number of aromatic nitrogens is 2. The lowest BCUT2D eigenvalue weighted by atomic mass is 10.1. The largest absolute Gasteiger partial charge is 0.354 e. The van der Waals surface area contributed by atoms with Crippen molar-refractivity contribution in [1.82, 2.24) is 15.1 Å². The van der Waals surface area contributed by atoms with Crippen LogP contribution < -0.4 is 5.32 Å². The van der Waals surface area contributed by atoms with Gasteiger partial charge in [0.2, 0.25) is 5.91 Å². The molecule has 0 spiro atoms. The molecule has 20 heavy (non-hydrogen) atoms. The molecule has 0 bridgehead atoms. The van der Waals surface area contributed by atoms with Gasteiger partial charge < -0.3 is 5.32 Å². The Bertz CT molecular complexity index is 593. The Morgan fingerprint density at radius 2 is 2.00 bits per heavy atom. The Morgan fingerprint density at radius 3 is 2.60 bits per heavy atom. The van der Waals surface area contributed by atoms with Crippen LogP contribution in [-0.4, -0.2) is 22.2 Å². The van der Waals surface area contributed by atoms with Crippen molar-refractivity contribution in [2.75, 3.05) is 6.54 Å². The summed E-state index contributed by atoms with van der Waals surface area (Å²) in [5.74, 6) is -0.0148. The zero-order chi connectivity index (χ0) is 14.5. The molecular formula is C15H18BrN3O. The van der Waals surface area contributed by atoms with Gasteiger partial charge in [-0.25, -0.2) is 0 Å². The molecule has 0 radical (unpaired) electrons. The van der Waals surface area contributed by atoms with E-state index in [1.807, 2.05) is 32.0 Å². The highest BCUT2D eigenvalue weighted by Crippen LogP contribution is 2.19. The highest BCUT2D eigenvalue weighted by molar-refractivity contribution is 9.10. The summed E-state index contributed by atoms with van der Waals surface area (Å²) in [6.07, 6.45) is 0.841. The van der Waals surface area contributed by atoms with Crippen LogP contribution in [0.4, 0.5) is 0 Å². The fourth-order valence-electron chi connectivity index (χ4n) is 2.01. The van der Waals surface area contributed by atoms with Crippen LogP contribution in [0.1, 0.15) is 17.0 Å². The second-order valence-electron chi connectivity index (χ2n) is 4.73. The Hall–Kier alpha value is -1.62. The van der Waals surface area contributed by atoms with Gasteiger partial charge in [0.15, 0.2) is 0 Å². The Balaban J connectivity index is 1.82. The molecule has 0 saturated heterocycles. The SMILES string of the molecule is Cc1nn(CC(=O)NCCc2ccccc2)c(C)c1Br. The molecule has 0 atom stereocenters. The van der Waals surface area contributed by atoms with Crippen LogP contribution in [-0.2, 0) is 17.8 Å². The maximum Gasteiger partial charge on any atom is 0.241 e. The minimum atomic E-state index is -0.0148. The first-order chi connectivity index (χ1) is 9.58. The van der Waals surface area contributed by atoms with Crippen molar-refractivity contribution in [3.63, 3.8) is 0 Å². The lowest BCUT2D eigenvalue weighted by Gasteiger charge is -2.07. The van der Waals surface area contributed by atoms with E-state index in [-0.39, 0.29) is 12.5 Å². The topological polar surface area (TPSA) is 46.9 Å². The van der Waals surface area contributed by atoms with E-state index in [0.717, 1.165) is 22.3 Å². The van der Waals surface area contributed by atoms with Crippen LogP contribution in [0, 0.1) is 13.8 Å². The van der Waals surface area contributed by atoms with Gasteiger partial charge in [0.1, 0.15) is 6.54 Å². The molecular weight excluding hydrogens is 318 g/mol. The summed E-state index contributed by atoms with van der Waals surface area (Å²) in [4.78, 5) is 11.9. The third-order valence-corrected chi connectivity index (χ3v) is 4.31. The van der Waals surface area contributed by atoms with E-state index >= 15 is 0 Å². The van der Waals surface area contributed by atoms with E-state index in [2.05, 4.69) is 38.5 Å². The van der Waals surface area contributed by atoms with Crippen LogP contribution in [0.15, 0.2) is 34.8 Å². The van der Waals surface area contributed by atoms with Gasteiger partial charge in [-0.1, -0.05) is 30.3 Å². The van der Waals surface area contributed by atoms with E-state index in [0.29, 0.717) is 6.54 Å². The number of amides is 1. The number of carbonyl (C=O) groups excluding carboxylic acids is 1. The number of hydrogen-bond donors (Lipinski definition) is 1. The summed E-state index contributed by atoms with van der Waals surface area (Å²) in [6.45, 7) is 4.76. The molecule has 1 aromatic carbocycles. The fourth-order valence-corrected chi connectivity index (χ4v) is 2.30. The van der Waals surface area contributed by atoms with E-state index in [1.165, 1.54) is 5.56 Å². The average molecular weight is 336 g/mol. The third kappa shape index (κ3) is 3.70. The van der Waals surface area contributed by atoms with Crippen LogP contribution >= 0.6 is 15.9 Å². The molecule has 0 unspecified atom stereocenters. The first-order valence-corrected chi connectivity index (χ1v) is 7.37. The molecule has 0 fully saturated rings. The minimum absolute atomic E-state index is 0.0148.